The molecule has 0 aliphatic heterocycles. The molecule has 86 valence electrons. The van der Waals surface area contributed by atoms with E-state index in [9.17, 15) is 0 Å². The molecule has 0 radical (unpaired) electrons. The van der Waals surface area contributed by atoms with Gasteiger partial charge in [-0.25, -0.2) is 0 Å². The van der Waals surface area contributed by atoms with Crippen LogP contribution in [0.15, 0.2) is 35.0 Å². The molecule has 1 heterocycles. The minimum absolute atomic E-state index is 0. The Hall–Kier alpha value is -0.250. The van der Waals surface area contributed by atoms with Crippen molar-refractivity contribution in [3.8, 4) is 0 Å². The third kappa shape index (κ3) is 3.12. The number of rotatable bonds is 2. The fourth-order valence-corrected chi connectivity index (χ4v) is 2.64. The van der Waals surface area contributed by atoms with E-state index >= 15 is 0 Å². The fourth-order valence-electron chi connectivity index (χ4n) is 1.40. The van der Waals surface area contributed by atoms with E-state index in [-0.39, 0.29) is 18.4 Å². The number of hydrogen-bond acceptors (Lipinski definition) is 2. The number of hydrogen-bond donors (Lipinski definition) is 1. The van der Waals surface area contributed by atoms with E-state index in [1.807, 2.05) is 29.0 Å². The normalized spacial score (nSPS) is 11.9. The van der Waals surface area contributed by atoms with Gasteiger partial charge in [0.15, 0.2) is 0 Å². The Bertz CT molecular complexity index is 436. The molecule has 0 saturated heterocycles. The molecule has 2 aromatic rings. The molecule has 0 spiro atoms. The minimum atomic E-state index is -0.160. The highest BCUT2D eigenvalue weighted by Crippen LogP contribution is 2.27. The highest BCUT2D eigenvalue weighted by molar-refractivity contribution is 7.08. The topological polar surface area (TPSA) is 26.0 Å². The van der Waals surface area contributed by atoms with Crippen LogP contribution in [0.5, 0.6) is 0 Å². The van der Waals surface area contributed by atoms with E-state index in [4.69, 9.17) is 28.9 Å². The average molecular weight is 295 g/mol. The Labute approximate surface area is 115 Å². The van der Waals surface area contributed by atoms with Crippen molar-refractivity contribution in [3.63, 3.8) is 0 Å². The van der Waals surface area contributed by atoms with Gasteiger partial charge in [0, 0.05) is 10.0 Å². The van der Waals surface area contributed by atoms with Crippen LogP contribution in [0.1, 0.15) is 17.2 Å². The summed E-state index contributed by atoms with van der Waals surface area (Å²) < 4.78 is 0. The smallest absolute Gasteiger partial charge is 0.0560 e. The maximum Gasteiger partial charge on any atom is 0.0560 e. The van der Waals surface area contributed by atoms with Crippen LogP contribution in [0, 0.1) is 0 Å². The molecule has 1 aromatic carbocycles. The van der Waals surface area contributed by atoms with Crippen molar-refractivity contribution in [2.24, 2.45) is 5.73 Å². The Morgan fingerprint density at radius 1 is 1.06 bits per heavy atom. The molecule has 1 atom stereocenters. The van der Waals surface area contributed by atoms with Gasteiger partial charge in [0.25, 0.3) is 0 Å². The molecule has 0 amide bonds. The first-order valence-electron chi connectivity index (χ1n) is 4.40. The quantitative estimate of drug-likeness (QED) is 0.865. The van der Waals surface area contributed by atoms with E-state index in [1.165, 1.54) is 0 Å². The zero-order chi connectivity index (χ0) is 10.8. The van der Waals surface area contributed by atoms with Crippen molar-refractivity contribution >= 4 is 46.9 Å². The summed E-state index contributed by atoms with van der Waals surface area (Å²) in [6.07, 6.45) is 0. The van der Waals surface area contributed by atoms with E-state index < -0.39 is 0 Å². The minimum Gasteiger partial charge on any atom is -0.320 e. The largest absolute Gasteiger partial charge is 0.320 e. The van der Waals surface area contributed by atoms with Crippen LogP contribution in [0.3, 0.4) is 0 Å². The van der Waals surface area contributed by atoms with Crippen molar-refractivity contribution in [1.82, 2.24) is 0 Å². The van der Waals surface area contributed by atoms with E-state index in [1.54, 1.807) is 17.4 Å². The molecular formula is C11H10Cl3NS. The van der Waals surface area contributed by atoms with Gasteiger partial charge in [-0.1, -0.05) is 23.2 Å². The van der Waals surface area contributed by atoms with Crippen LogP contribution in [0.2, 0.25) is 10.0 Å². The SMILES string of the molecule is Cl.N[C@@H](c1ccsc1)c1cc(Cl)cc(Cl)c1. The Morgan fingerprint density at radius 3 is 2.19 bits per heavy atom. The zero-order valence-electron chi connectivity index (χ0n) is 8.19. The first kappa shape index (κ1) is 13.8. The summed E-state index contributed by atoms with van der Waals surface area (Å²) in [5.74, 6) is 0. The summed E-state index contributed by atoms with van der Waals surface area (Å²) in [5, 5.41) is 5.26. The van der Waals surface area contributed by atoms with Crippen LogP contribution < -0.4 is 5.73 Å². The lowest BCUT2D eigenvalue weighted by Crippen LogP contribution is -2.10. The molecule has 0 saturated carbocycles. The molecule has 0 fully saturated rings. The average Bonchev–Trinajstić information content (AvgIpc) is 2.67. The molecule has 1 nitrogen and oxygen atoms in total. The first-order chi connectivity index (χ1) is 7.16. The molecule has 2 N–H and O–H groups in total. The number of nitrogens with two attached hydrogens (primary N) is 1. The monoisotopic (exact) mass is 293 g/mol. The van der Waals surface area contributed by atoms with Crippen LogP contribution in [0.4, 0.5) is 0 Å². The molecule has 0 bridgehead atoms. The summed E-state index contributed by atoms with van der Waals surface area (Å²) in [6.45, 7) is 0. The van der Waals surface area contributed by atoms with Gasteiger partial charge in [-0.05, 0) is 46.2 Å². The summed E-state index contributed by atoms with van der Waals surface area (Å²) in [7, 11) is 0. The predicted octanol–water partition coefficient (Wildman–Crippen LogP) is 4.52. The van der Waals surface area contributed by atoms with Crippen LogP contribution in [-0.2, 0) is 0 Å². The van der Waals surface area contributed by atoms with Crippen molar-refractivity contribution < 1.29 is 0 Å². The van der Waals surface area contributed by atoms with Gasteiger partial charge in [-0.2, -0.15) is 11.3 Å². The third-order valence-corrected chi connectivity index (χ3v) is 3.28. The molecule has 0 aliphatic rings. The van der Waals surface area contributed by atoms with E-state index in [0.717, 1.165) is 11.1 Å². The number of halogens is 3. The molecular weight excluding hydrogens is 285 g/mol. The lowest BCUT2D eigenvalue weighted by molar-refractivity contribution is 0.877. The van der Waals surface area contributed by atoms with E-state index in [2.05, 4.69) is 0 Å². The van der Waals surface area contributed by atoms with Crippen molar-refractivity contribution in [3.05, 3.63) is 56.2 Å². The molecule has 16 heavy (non-hydrogen) atoms. The van der Waals surface area contributed by atoms with Gasteiger partial charge in [0.1, 0.15) is 0 Å². The zero-order valence-corrected chi connectivity index (χ0v) is 11.3. The fraction of sp³-hybridized carbons (Fsp3) is 0.0909. The molecule has 2 rings (SSSR count). The molecule has 0 aliphatic carbocycles. The van der Waals surface area contributed by atoms with Crippen LogP contribution in [-0.4, -0.2) is 0 Å². The van der Waals surface area contributed by atoms with Crippen molar-refractivity contribution in [2.45, 2.75) is 6.04 Å². The van der Waals surface area contributed by atoms with Crippen LogP contribution >= 0.6 is 46.9 Å². The van der Waals surface area contributed by atoms with E-state index in [0.29, 0.717) is 10.0 Å². The summed E-state index contributed by atoms with van der Waals surface area (Å²) in [5.41, 5.74) is 8.11. The third-order valence-electron chi connectivity index (χ3n) is 2.15. The van der Waals surface area contributed by atoms with Crippen molar-refractivity contribution in [2.75, 3.05) is 0 Å². The molecule has 5 heteroatoms. The second kappa shape index (κ2) is 5.89. The molecule has 1 aromatic heterocycles. The Balaban J connectivity index is 0.00000128. The predicted molar refractivity (Wildman–Crippen MR) is 74.1 cm³/mol. The second-order valence-electron chi connectivity index (χ2n) is 3.24. The molecule has 0 unspecified atom stereocenters. The van der Waals surface area contributed by atoms with Gasteiger partial charge < -0.3 is 5.73 Å². The maximum atomic E-state index is 6.09. The number of thiophene rings is 1. The van der Waals surface area contributed by atoms with Gasteiger partial charge in [0.05, 0.1) is 6.04 Å². The summed E-state index contributed by atoms with van der Waals surface area (Å²) in [4.78, 5) is 0. The standard InChI is InChI=1S/C11H9Cl2NS.ClH/c12-9-3-8(4-10(13)5-9)11(14)7-1-2-15-6-7;/h1-6,11H,14H2;1H/t11-;/m0./s1. The van der Waals surface area contributed by atoms with Gasteiger partial charge >= 0.3 is 0 Å². The summed E-state index contributed by atoms with van der Waals surface area (Å²) >= 11 is 13.5. The number of benzene rings is 1. The summed E-state index contributed by atoms with van der Waals surface area (Å²) in [6, 6.07) is 7.23. The Morgan fingerprint density at radius 2 is 1.69 bits per heavy atom. The van der Waals surface area contributed by atoms with Gasteiger partial charge in [-0.3, -0.25) is 0 Å². The van der Waals surface area contributed by atoms with Crippen LogP contribution in [0.25, 0.3) is 0 Å². The van der Waals surface area contributed by atoms with Gasteiger partial charge in [-0.15, -0.1) is 12.4 Å². The highest BCUT2D eigenvalue weighted by atomic mass is 35.5. The lowest BCUT2D eigenvalue weighted by Gasteiger charge is -2.11. The maximum absolute atomic E-state index is 6.09. The van der Waals surface area contributed by atoms with Crippen molar-refractivity contribution in [1.29, 1.82) is 0 Å². The first-order valence-corrected chi connectivity index (χ1v) is 6.10. The highest BCUT2D eigenvalue weighted by Gasteiger charge is 2.10. The second-order valence-corrected chi connectivity index (χ2v) is 4.89. The van der Waals surface area contributed by atoms with Gasteiger partial charge in [0.2, 0.25) is 0 Å². The lowest BCUT2D eigenvalue weighted by atomic mass is 10.0. The Kier molecular flexibility index (Phi) is 5.09.